The van der Waals surface area contributed by atoms with Gasteiger partial charge in [0, 0.05) is 32.3 Å². The largest absolute Gasteiger partial charge is 0.493 e. The lowest BCUT2D eigenvalue weighted by Crippen LogP contribution is -2.50. The summed E-state index contributed by atoms with van der Waals surface area (Å²) in [5, 5.41) is 0.397. The highest BCUT2D eigenvalue weighted by Crippen LogP contribution is 2.36. The Morgan fingerprint density at radius 2 is 1.78 bits per heavy atom. The van der Waals surface area contributed by atoms with E-state index in [1.54, 1.807) is 47.4 Å². The SMILES string of the molecule is CCOc1c(Cl)cc(/C=C/C(=O)N2CCN(S(=O)(=O)c3ccc(C)cc3)CC2)cc1OC. The van der Waals surface area contributed by atoms with Gasteiger partial charge in [0.2, 0.25) is 15.9 Å². The van der Waals surface area contributed by atoms with Gasteiger partial charge in [-0.1, -0.05) is 29.3 Å². The van der Waals surface area contributed by atoms with Crippen LogP contribution < -0.4 is 9.47 Å². The minimum absolute atomic E-state index is 0.193. The number of methoxy groups -OCH3 is 1. The number of carbonyl (C=O) groups excluding carboxylic acids is 1. The summed E-state index contributed by atoms with van der Waals surface area (Å²) in [5.41, 5.74) is 1.70. The first kappa shape index (κ1) is 24.1. The maximum atomic E-state index is 12.8. The van der Waals surface area contributed by atoms with E-state index in [1.165, 1.54) is 17.5 Å². The fourth-order valence-electron chi connectivity index (χ4n) is 3.40. The molecule has 9 heteroatoms. The molecule has 1 amide bonds. The molecule has 172 valence electrons. The van der Waals surface area contributed by atoms with E-state index in [2.05, 4.69) is 0 Å². The van der Waals surface area contributed by atoms with Gasteiger partial charge in [0.15, 0.2) is 11.5 Å². The van der Waals surface area contributed by atoms with Gasteiger partial charge >= 0.3 is 0 Å². The fraction of sp³-hybridized carbons (Fsp3) is 0.348. The average Bonchev–Trinajstić information content (AvgIpc) is 2.79. The molecule has 1 aliphatic heterocycles. The van der Waals surface area contributed by atoms with Crippen LogP contribution in [0.3, 0.4) is 0 Å². The predicted octanol–water partition coefficient (Wildman–Crippen LogP) is 3.60. The van der Waals surface area contributed by atoms with E-state index < -0.39 is 10.0 Å². The summed E-state index contributed by atoms with van der Waals surface area (Å²) in [7, 11) is -2.04. The predicted molar refractivity (Wildman–Crippen MR) is 125 cm³/mol. The Bertz CT molecular complexity index is 1090. The van der Waals surface area contributed by atoms with Crippen molar-refractivity contribution in [2.24, 2.45) is 0 Å². The third kappa shape index (κ3) is 5.43. The number of piperazine rings is 1. The molecule has 1 saturated heterocycles. The normalized spacial score (nSPS) is 15.2. The number of halogens is 1. The highest BCUT2D eigenvalue weighted by Gasteiger charge is 2.29. The van der Waals surface area contributed by atoms with Crippen molar-refractivity contribution in [1.82, 2.24) is 9.21 Å². The molecule has 0 radical (unpaired) electrons. The van der Waals surface area contributed by atoms with E-state index >= 15 is 0 Å². The van der Waals surface area contributed by atoms with Crippen molar-refractivity contribution in [2.45, 2.75) is 18.7 Å². The van der Waals surface area contributed by atoms with Crippen molar-refractivity contribution in [1.29, 1.82) is 0 Å². The summed E-state index contributed by atoms with van der Waals surface area (Å²) in [4.78, 5) is 14.5. The Morgan fingerprint density at radius 3 is 2.38 bits per heavy atom. The number of nitrogens with zero attached hydrogens (tertiary/aromatic N) is 2. The van der Waals surface area contributed by atoms with E-state index in [-0.39, 0.29) is 23.9 Å². The fourth-order valence-corrected chi connectivity index (χ4v) is 5.10. The summed E-state index contributed by atoms with van der Waals surface area (Å²) in [6, 6.07) is 10.2. The molecule has 1 heterocycles. The molecule has 32 heavy (non-hydrogen) atoms. The van der Waals surface area contributed by atoms with Gasteiger partial charge in [0.1, 0.15) is 0 Å². The number of sulfonamides is 1. The molecule has 3 rings (SSSR count). The van der Waals surface area contributed by atoms with E-state index in [9.17, 15) is 13.2 Å². The van der Waals surface area contributed by atoms with Gasteiger partial charge in [0.25, 0.3) is 0 Å². The Balaban J connectivity index is 1.64. The van der Waals surface area contributed by atoms with Crippen molar-refractivity contribution >= 4 is 33.6 Å². The zero-order valence-electron chi connectivity index (χ0n) is 18.4. The smallest absolute Gasteiger partial charge is 0.246 e. The summed E-state index contributed by atoms with van der Waals surface area (Å²) in [5.74, 6) is 0.758. The van der Waals surface area contributed by atoms with Crippen LogP contribution in [-0.2, 0) is 14.8 Å². The van der Waals surface area contributed by atoms with Crippen LogP contribution in [0.4, 0.5) is 0 Å². The average molecular weight is 479 g/mol. The second-order valence-electron chi connectivity index (χ2n) is 7.34. The Morgan fingerprint density at radius 1 is 1.12 bits per heavy atom. The highest BCUT2D eigenvalue weighted by molar-refractivity contribution is 7.89. The first-order valence-electron chi connectivity index (χ1n) is 10.3. The number of amides is 1. The van der Waals surface area contributed by atoms with Crippen molar-refractivity contribution in [2.75, 3.05) is 39.9 Å². The summed E-state index contributed by atoms with van der Waals surface area (Å²) < 4.78 is 37.9. The Hall–Kier alpha value is -2.55. The summed E-state index contributed by atoms with van der Waals surface area (Å²) in [6.07, 6.45) is 3.11. The molecular weight excluding hydrogens is 452 g/mol. The number of hydrogen-bond acceptors (Lipinski definition) is 5. The Labute approximate surface area is 194 Å². The van der Waals surface area contributed by atoms with E-state index in [1.807, 2.05) is 13.8 Å². The van der Waals surface area contributed by atoms with Crippen LogP contribution in [-0.4, -0.2) is 63.4 Å². The van der Waals surface area contributed by atoms with E-state index in [0.717, 1.165) is 5.56 Å². The molecule has 0 unspecified atom stereocenters. The van der Waals surface area contributed by atoms with E-state index in [0.29, 0.717) is 41.8 Å². The lowest BCUT2D eigenvalue weighted by atomic mass is 10.1. The molecule has 2 aromatic rings. The molecule has 0 aromatic heterocycles. The minimum Gasteiger partial charge on any atom is -0.493 e. The summed E-state index contributed by atoms with van der Waals surface area (Å²) >= 11 is 6.28. The molecule has 1 fully saturated rings. The van der Waals surface area contributed by atoms with Crippen LogP contribution in [0.15, 0.2) is 47.4 Å². The van der Waals surface area contributed by atoms with Crippen molar-refractivity contribution in [3.8, 4) is 11.5 Å². The molecule has 7 nitrogen and oxygen atoms in total. The van der Waals surface area contributed by atoms with E-state index in [4.69, 9.17) is 21.1 Å². The van der Waals surface area contributed by atoms with Crippen molar-refractivity contribution in [3.05, 3.63) is 58.6 Å². The van der Waals surface area contributed by atoms with Gasteiger partial charge < -0.3 is 14.4 Å². The first-order valence-corrected chi connectivity index (χ1v) is 12.1. The monoisotopic (exact) mass is 478 g/mol. The molecule has 0 atom stereocenters. The lowest BCUT2D eigenvalue weighted by Gasteiger charge is -2.33. The molecular formula is C23H27ClN2O5S. The van der Waals surface area contributed by atoms with Crippen LogP contribution in [0.2, 0.25) is 5.02 Å². The maximum absolute atomic E-state index is 12.8. The van der Waals surface area contributed by atoms with Crippen LogP contribution in [0.1, 0.15) is 18.1 Å². The second kappa shape index (κ2) is 10.4. The molecule has 2 aromatic carbocycles. The quantitative estimate of drug-likeness (QED) is 0.568. The topological polar surface area (TPSA) is 76.2 Å². The second-order valence-corrected chi connectivity index (χ2v) is 9.69. The third-order valence-electron chi connectivity index (χ3n) is 5.17. The molecule has 1 aliphatic rings. The molecule has 0 spiro atoms. The van der Waals surface area contributed by atoms with Gasteiger partial charge in [-0.15, -0.1) is 0 Å². The first-order chi connectivity index (χ1) is 15.3. The van der Waals surface area contributed by atoms with Gasteiger partial charge in [-0.25, -0.2) is 8.42 Å². The number of hydrogen-bond donors (Lipinski definition) is 0. The van der Waals surface area contributed by atoms with Crippen LogP contribution in [0.25, 0.3) is 6.08 Å². The maximum Gasteiger partial charge on any atom is 0.246 e. The van der Waals surface area contributed by atoms with Crippen molar-refractivity contribution < 1.29 is 22.7 Å². The van der Waals surface area contributed by atoms with Crippen LogP contribution >= 0.6 is 11.6 Å². The standard InChI is InChI=1S/C23H27ClN2O5S/c1-4-31-23-20(24)15-18(16-21(23)30-3)7-10-22(27)25-11-13-26(14-12-25)32(28,29)19-8-5-17(2)6-9-19/h5-10,15-16H,4,11-14H2,1-3H3/b10-7+. The van der Waals surface area contributed by atoms with Gasteiger partial charge in [-0.2, -0.15) is 4.31 Å². The minimum atomic E-state index is -3.57. The molecule has 0 N–H and O–H groups in total. The summed E-state index contributed by atoms with van der Waals surface area (Å²) in [6.45, 7) is 5.36. The molecule has 0 bridgehead atoms. The van der Waals surface area contributed by atoms with Crippen LogP contribution in [0.5, 0.6) is 11.5 Å². The number of rotatable bonds is 7. The lowest BCUT2D eigenvalue weighted by molar-refractivity contribution is -0.127. The molecule has 0 aliphatic carbocycles. The Kier molecular flexibility index (Phi) is 7.82. The van der Waals surface area contributed by atoms with Gasteiger partial charge in [-0.3, -0.25) is 4.79 Å². The number of benzene rings is 2. The number of ether oxygens (including phenoxy) is 2. The number of carbonyl (C=O) groups is 1. The van der Waals surface area contributed by atoms with Gasteiger partial charge in [0.05, 0.1) is 23.6 Å². The number of aryl methyl sites for hydroxylation is 1. The zero-order valence-corrected chi connectivity index (χ0v) is 19.9. The zero-order chi connectivity index (χ0) is 23.3. The third-order valence-corrected chi connectivity index (χ3v) is 7.36. The van der Waals surface area contributed by atoms with Crippen molar-refractivity contribution in [3.63, 3.8) is 0 Å². The highest BCUT2D eigenvalue weighted by atomic mass is 35.5. The van der Waals surface area contributed by atoms with Crippen LogP contribution in [0, 0.1) is 6.92 Å². The molecule has 0 saturated carbocycles. The van der Waals surface area contributed by atoms with Gasteiger partial charge in [-0.05, 0) is 49.8 Å².